The maximum Gasteiger partial charge on any atom is 0.328 e. The average Bonchev–Trinajstić information content (AvgIpc) is 1.99. The number of carbonyl (C=O) groups is 1. The van der Waals surface area contributed by atoms with Crippen molar-refractivity contribution in [2.75, 3.05) is 18.6 Å². The lowest BCUT2D eigenvalue weighted by Gasteiger charge is -2.18. The molecule has 0 bridgehead atoms. The molecule has 0 spiro atoms. The summed E-state index contributed by atoms with van der Waals surface area (Å²) >= 11 is 5.08. The summed E-state index contributed by atoms with van der Waals surface area (Å²) in [5, 5.41) is 18.0. The number of aliphatic hydroxyl groups excluding tert-OH is 1. The van der Waals surface area contributed by atoms with Gasteiger partial charge < -0.3 is 14.9 Å². The van der Waals surface area contributed by atoms with Gasteiger partial charge in [0, 0.05) is 0 Å². The molecule has 0 fully saturated rings. The van der Waals surface area contributed by atoms with Gasteiger partial charge in [-0.05, 0) is 0 Å². The molecule has 9 heteroatoms. The van der Waals surface area contributed by atoms with E-state index in [9.17, 15) is 9.36 Å². The van der Waals surface area contributed by atoms with Gasteiger partial charge in [0.15, 0.2) is 0 Å². The van der Waals surface area contributed by atoms with Crippen LogP contribution in [-0.4, -0.2) is 55.8 Å². The van der Waals surface area contributed by atoms with Crippen LogP contribution in [0.1, 0.15) is 0 Å². The smallest absolute Gasteiger partial charge is 0.328 e. The molecule has 1 atom stereocenters. The van der Waals surface area contributed by atoms with Gasteiger partial charge in [-0.3, -0.25) is 14.6 Å². The second-order valence-corrected chi connectivity index (χ2v) is 4.57. The number of halogens is 1. The van der Waals surface area contributed by atoms with E-state index in [1.165, 1.54) is 0 Å². The van der Waals surface area contributed by atoms with Crippen molar-refractivity contribution >= 4 is 25.1 Å². The monoisotopic (exact) mass is 247 g/mol. The molecule has 0 saturated heterocycles. The van der Waals surface area contributed by atoms with Crippen molar-refractivity contribution in [2.24, 2.45) is 0 Å². The van der Waals surface area contributed by atoms with Crippen LogP contribution in [0.5, 0.6) is 0 Å². The molecule has 0 aliphatic carbocycles. The molecule has 0 rings (SSSR count). The largest absolute Gasteiger partial charge is 0.391 e. The Morgan fingerprint density at radius 3 is 2.36 bits per heavy atom. The van der Waals surface area contributed by atoms with E-state index in [1.807, 2.05) is 0 Å². The number of rotatable bonds is 5. The van der Waals surface area contributed by atoms with Crippen molar-refractivity contribution in [3.05, 3.63) is 0 Å². The highest BCUT2D eigenvalue weighted by atomic mass is 35.5. The highest BCUT2D eigenvalue weighted by Crippen LogP contribution is 2.34. The van der Waals surface area contributed by atoms with Crippen LogP contribution >= 0.6 is 19.2 Å². The van der Waals surface area contributed by atoms with Gasteiger partial charge in [0.2, 0.25) is 0 Å². The van der Waals surface area contributed by atoms with Crippen LogP contribution in [0, 0.1) is 0 Å². The van der Waals surface area contributed by atoms with E-state index < -0.39 is 38.2 Å². The van der Waals surface area contributed by atoms with Crippen molar-refractivity contribution in [3.63, 3.8) is 0 Å². The van der Waals surface area contributed by atoms with Gasteiger partial charge in [-0.15, -0.1) is 11.6 Å². The predicted octanol–water partition coefficient (Wildman–Crippen LogP) is -1.02. The van der Waals surface area contributed by atoms with Crippen LogP contribution in [0.15, 0.2) is 0 Å². The van der Waals surface area contributed by atoms with E-state index in [4.69, 9.17) is 31.7 Å². The number of carbonyl (C=O) groups excluding carboxylic acids is 1. The zero-order valence-electron chi connectivity index (χ0n) is 7.08. The van der Waals surface area contributed by atoms with Gasteiger partial charge in [0.25, 0.3) is 5.91 Å². The predicted molar refractivity (Wildman–Crippen MR) is 47.1 cm³/mol. The molecule has 0 saturated carbocycles. The van der Waals surface area contributed by atoms with E-state index >= 15 is 0 Å². The number of alkyl halides is 1. The highest BCUT2D eigenvalue weighted by Gasteiger charge is 2.22. The van der Waals surface area contributed by atoms with Crippen LogP contribution < -0.4 is 0 Å². The lowest BCUT2D eigenvalue weighted by atomic mass is 10.4. The van der Waals surface area contributed by atoms with Crippen molar-refractivity contribution in [2.45, 2.75) is 6.10 Å². The summed E-state index contributed by atoms with van der Waals surface area (Å²) in [4.78, 5) is 27.5. The molecule has 14 heavy (non-hydrogen) atoms. The highest BCUT2D eigenvalue weighted by molar-refractivity contribution is 7.51. The molecular formula is C5H11ClNO6P. The van der Waals surface area contributed by atoms with E-state index in [1.54, 1.807) is 0 Å². The summed E-state index contributed by atoms with van der Waals surface area (Å²) in [5.74, 6) is -1.32. The molecule has 7 nitrogen and oxygen atoms in total. The fraction of sp³-hybridized carbons (Fsp3) is 0.800. The lowest BCUT2D eigenvalue weighted by Crippen LogP contribution is -2.37. The molecular weight excluding hydrogens is 236 g/mol. The number of hydrogen-bond acceptors (Lipinski definition) is 4. The topological polar surface area (TPSA) is 118 Å². The minimum absolute atomic E-state index is 0.118. The Kier molecular flexibility index (Phi) is 5.58. The maximum absolute atomic E-state index is 10.7. The molecule has 84 valence electrons. The Balaban J connectivity index is 4.00. The van der Waals surface area contributed by atoms with E-state index in [-0.39, 0.29) is 5.06 Å². The van der Waals surface area contributed by atoms with Crippen molar-refractivity contribution in [1.82, 2.24) is 5.06 Å². The SMILES string of the molecule is O=C(CCl)N(O)CC(O)CP(=O)(O)O. The first-order valence-electron chi connectivity index (χ1n) is 3.54. The van der Waals surface area contributed by atoms with Gasteiger partial charge >= 0.3 is 7.60 Å². The number of amides is 1. The standard InChI is InChI=1S/C5H11ClNO6P/c6-1-5(9)7(10)2-4(8)3-14(11,12)13/h4,8,10H,1-3H2,(H2,11,12,13). The van der Waals surface area contributed by atoms with Crippen LogP contribution in [0.3, 0.4) is 0 Å². The third-order valence-electron chi connectivity index (χ3n) is 1.23. The minimum Gasteiger partial charge on any atom is -0.391 e. The van der Waals surface area contributed by atoms with E-state index in [0.29, 0.717) is 0 Å². The zero-order chi connectivity index (χ0) is 11.4. The fourth-order valence-electron chi connectivity index (χ4n) is 0.703. The summed E-state index contributed by atoms with van der Waals surface area (Å²) in [6.45, 7) is -0.587. The van der Waals surface area contributed by atoms with Crippen LogP contribution in [-0.2, 0) is 9.36 Å². The summed E-state index contributed by atoms with van der Waals surface area (Å²) in [7, 11) is -4.35. The first-order valence-corrected chi connectivity index (χ1v) is 5.87. The Hall–Kier alpha value is -0.170. The summed E-state index contributed by atoms with van der Waals surface area (Å²) < 4.78 is 10.4. The zero-order valence-corrected chi connectivity index (χ0v) is 8.73. The van der Waals surface area contributed by atoms with Gasteiger partial charge in [-0.1, -0.05) is 0 Å². The number of aliphatic hydroxyl groups is 1. The van der Waals surface area contributed by atoms with Crippen molar-refractivity contribution in [1.29, 1.82) is 0 Å². The van der Waals surface area contributed by atoms with Gasteiger partial charge in [0.05, 0.1) is 18.8 Å². The Morgan fingerprint density at radius 1 is 1.50 bits per heavy atom. The maximum atomic E-state index is 10.7. The minimum atomic E-state index is -4.35. The molecule has 0 heterocycles. The summed E-state index contributed by atoms with van der Waals surface area (Å²) in [5.41, 5.74) is 0. The average molecular weight is 248 g/mol. The third-order valence-corrected chi connectivity index (χ3v) is 2.36. The molecule has 0 aromatic rings. The molecule has 0 aliphatic rings. The van der Waals surface area contributed by atoms with Crippen molar-refractivity contribution in [3.8, 4) is 0 Å². The Morgan fingerprint density at radius 2 is 2.00 bits per heavy atom. The van der Waals surface area contributed by atoms with Gasteiger partial charge in [-0.2, -0.15) is 0 Å². The lowest BCUT2D eigenvalue weighted by molar-refractivity contribution is -0.166. The molecule has 0 aliphatic heterocycles. The van der Waals surface area contributed by atoms with Crippen LogP contribution in [0.4, 0.5) is 0 Å². The number of hydrogen-bond donors (Lipinski definition) is 4. The number of hydroxylamine groups is 2. The second kappa shape index (κ2) is 5.65. The third kappa shape index (κ3) is 6.31. The van der Waals surface area contributed by atoms with E-state index in [2.05, 4.69) is 0 Å². The first-order chi connectivity index (χ1) is 6.26. The van der Waals surface area contributed by atoms with Gasteiger partial charge in [-0.25, -0.2) is 5.06 Å². The van der Waals surface area contributed by atoms with Gasteiger partial charge in [0.1, 0.15) is 5.88 Å². The quantitative estimate of drug-likeness (QED) is 0.214. The van der Waals surface area contributed by atoms with Crippen LogP contribution in [0.2, 0.25) is 0 Å². The fourth-order valence-corrected chi connectivity index (χ4v) is 1.51. The summed E-state index contributed by atoms with van der Waals surface area (Å²) in [6, 6.07) is 0. The molecule has 4 N–H and O–H groups in total. The number of nitrogens with zero attached hydrogens (tertiary/aromatic N) is 1. The molecule has 0 aromatic heterocycles. The van der Waals surface area contributed by atoms with Crippen LogP contribution in [0.25, 0.3) is 0 Å². The van der Waals surface area contributed by atoms with Crippen molar-refractivity contribution < 1.29 is 29.5 Å². The molecule has 1 amide bonds. The summed E-state index contributed by atoms with van der Waals surface area (Å²) in [6.07, 6.45) is -2.31. The Labute approximate surface area is 85.0 Å². The molecule has 0 radical (unpaired) electrons. The van der Waals surface area contributed by atoms with E-state index in [0.717, 1.165) is 0 Å². The molecule has 0 aromatic carbocycles. The normalized spacial score (nSPS) is 13.8. The Bertz CT molecular complexity index is 242. The first kappa shape index (κ1) is 13.8. The molecule has 1 unspecified atom stereocenters. The second-order valence-electron chi connectivity index (χ2n) is 2.61.